The van der Waals surface area contributed by atoms with Crippen molar-refractivity contribution >= 4 is 27.9 Å². The number of aryl methyl sites for hydroxylation is 1. The minimum absolute atomic E-state index is 0.0108. The molecule has 132 valence electrons. The molecule has 0 unspecified atom stereocenters. The molecule has 1 amide bonds. The molecule has 0 bridgehead atoms. The highest BCUT2D eigenvalue weighted by Crippen LogP contribution is 2.23. The zero-order valence-corrected chi connectivity index (χ0v) is 14.7. The highest BCUT2D eigenvalue weighted by molar-refractivity contribution is 5.88. The Bertz CT molecular complexity index is 1030. The third kappa shape index (κ3) is 3.33. The Morgan fingerprint density at radius 3 is 2.96 bits per heavy atom. The second kappa shape index (κ2) is 7.04. The Hall–Kier alpha value is -3.08. The first kappa shape index (κ1) is 16.4. The van der Waals surface area contributed by atoms with Gasteiger partial charge in [-0.1, -0.05) is 31.2 Å². The summed E-state index contributed by atoms with van der Waals surface area (Å²) in [6, 6.07) is 14.1. The van der Waals surface area contributed by atoms with E-state index in [1.165, 1.54) is 5.56 Å². The average Bonchev–Trinajstić information content (AvgIpc) is 3.25. The standard InChI is InChI=1S/C21H21N3O2/c1-2-14-7-8-16-15(13-26-19(16)11-14)12-21(25)22-10-9-20-23-17-5-3-4-6-18(17)24-20/h3-8,11,13H,2,9-10,12H2,1H3,(H,22,25)(H,23,24). The van der Waals surface area contributed by atoms with Gasteiger partial charge in [-0.15, -0.1) is 0 Å². The maximum atomic E-state index is 12.3. The number of amides is 1. The van der Waals surface area contributed by atoms with E-state index in [0.29, 0.717) is 19.4 Å². The van der Waals surface area contributed by atoms with E-state index in [4.69, 9.17) is 4.42 Å². The van der Waals surface area contributed by atoms with Gasteiger partial charge >= 0.3 is 0 Å². The first-order valence-corrected chi connectivity index (χ1v) is 8.92. The number of nitrogens with one attached hydrogen (secondary N) is 2. The van der Waals surface area contributed by atoms with E-state index in [1.54, 1.807) is 6.26 Å². The Morgan fingerprint density at radius 1 is 1.23 bits per heavy atom. The minimum atomic E-state index is -0.0108. The summed E-state index contributed by atoms with van der Waals surface area (Å²) in [6.45, 7) is 2.66. The number of hydrogen-bond acceptors (Lipinski definition) is 3. The van der Waals surface area contributed by atoms with Crippen LogP contribution in [-0.4, -0.2) is 22.4 Å². The Balaban J connectivity index is 1.35. The van der Waals surface area contributed by atoms with Crippen LogP contribution in [0.5, 0.6) is 0 Å². The molecule has 0 saturated carbocycles. The molecular formula is C21H21N3O2. The van der Waals surface area contributed by atoms with Crippen molar-refractivity contribution in [1.29, 1.82) is 0 Å². The van der Waals surface area contributed by atoms with E-state index in [-0.39, 0.29) is 5.91 Å². The lowest BCUT2D eigenvalue weighted by molar-refractivity contribution is -0.120. The number of fused-ring (bicyclic) bond motifs is 2. The number of imidazole rings is 1. The topological polar surface area (TPSA) is 70.9 Å². The second-order valence-electron chi connectivity index (χ2n) is 6.42. The quantitative estimate of drug-likeness (QED) is 0.558. The molecule has 4 aromatic rings. The average molecular weight is 347 g/mol. The summed E-state index contributed by atoms with van der Waals surface area (Å²) in [5, 5.41) is 3.97. The third-order valence-electron chi connectivity index (χ3n) is 4.60. The highest BCUT2D eigenvalue weighted by Gasteiger charge is 2.11. The zero-order chi connectivity index (χ0) is 17.9. The third-order valence-corrected chi connectivity index (χ3v) is 4.60. The van der Waals surface area contributed by atoms with Crippen molar-refractivity contribution in [3.05, 3.63) is 65.7 Å². The van der Waals surface area contributed by atoms with Gasteiger partial charge in [0.05, 0.1) is 23.7 Å². The van der Waals surface area contributed by atoms with Gasteiger partial charge in [-0.3, -0.25) is 4.79 Å². The fourth-order valence-corrected chi connectivity index (χ4v) is 3.16. The molecule has 2 aromatic heterocycles. The fraction of sp³-hybridized carbons (Fsp3) is 0.238. The summed E-state index contributed by atoms with van der Waals surface area (Å²) in [4.78, 5) is 20.0. The minimum Gasteiger partial charge on any atom is -0.464 e. The first-order chi connectivity index (χ1) is 12.7. The molecule has 0 radical (unpaired) electrons. The number of rotatable bonds is 6. The van der Waals surface area contributed by atoms with E-state index < -0.39 is 0 Å². The summed E-state index contributed by atoms with van der Waals surface area (Å²) in [5.74, 6) is 0.871. The molecular weight excluding hydrogens is 326 g/mol. The van der Waals surface area contributed by atoms with Gasteiger partial charge in [-0.2, -0.15) is 0 Å². The van der Waals surface area contributed by atoms with Crippen LogP contribution in [0.2, 0.25) is 0 Å². The molecule has 5 nitrogen and oxygen atoms in total. The maximum absolute atomic E-state index is 12.3. The monoisotopic (exact) mass is 347 g/mol. The maximum Gasteiger partial charge on any atom is 0.224 e. The lowest BCUT2D eigenvalue weighted by atomic mass is 10.1. The van der Waals surface area contributed by atoms with Crippen LogP contribution in [0.15, 0.2) is 53.1 Å². The van der Waals surface area contributed by atoms with Crippen molar-refractivity contribution in [1.82, 2.24) is 15.3 Å². The fourth-order valence-electron chi connectivity index (χ4n) is 3.16. The molecule has 5 heteroatoms. The molecule has 4 rings (SSSR count). The van der Waals surface area contributed by atoms with E-state index in [2.05, 4.69) is 28.3 Å². The number of aromatic nitrogens is 2. The van der Waals surface area contributed by atoms with Gasteiger partial charge in [0.15, 0.2) is 0 Å². The normalized spacial score (nSPS) is 11.3. The molecule has 0 fully saturated rings. The zero-order valence-electron chi connectivity index (χ0n) is 14.7. The molecule has 0 aliphatic heterocycles. The molecule has 2 heterocycles. The Labute approximate surface area is 151 Å². The number of aromatic amines is 1. The summed E-state index contributed by atoms with van der Waals surface area (Å²) < 4.78 is 5.60. The number of H-pyrrole nitrogens is 1. The number of benzene rings is 2. The number of carbonyl (C=O) groups excluding carboxylic acids is 1. The SMILES string of the molecule is CCc1ccc2c(CC(=O)NCCc3nc4ccccc4[nH]3)coc2c1. The van der Waals surface area contributed by atoms with Crippen LogP contribution in [0.4, 0.5) is 0 Å². The van der Waals surface area contributed by atoms with Gasteiger partial charge in [-0.05, 0) is 30.2 Å². The summed E-state index contributed by atoms with van der Waals surface area (Å²) >= 11 is 0. The smallest absolute Gasteiger partial charge is 0.224 e. The van der Waals surface area contributed by atoms with Crippen LogP contribution in [0.25, 0.3) is 22.0 Å². The van der Waals surface area contributed by atoms with E-state index in [9.17, 15) is 4.79 Å². The van der Waals surface area contributed by atoms with Crippen LogP contribution >= 0.6 is 0 Å². The number of carbonyl (C=O) groups is 1. The van der Waals surface area contributed by atoms with Gasteiger partial charge in [-0.25, -0.2) is 4.98 Å². The van der Waals surface area contributed by atoms with Crippen molar-refractivity contribution in [3.8, 4) is 0 Å². The van der Waals surface area contributed by atoms with Crippen LogP contribution in [-0.2, 0) is 24.1 Å². The van der Waals surface area contributed by atoms with Gasteiger partial charge in [0.25, 0.3) is 0 Å². The molecule has 0 spiro atoms. The molecule has 26 heavy (non-hydrogen) atoms. The van der Waals surface area contributed by atoms with E-state index in [1.807, 2.05) is 36.4 Å². The van der Waals surface area contributed by atoms with Crippen LogP contribution in [0.3, 0.4) is 0 Å². The number of para-hydroxylation sites is 2. The van der Waals surface area contributed by atoms with Crippen molar-refractivity contribution in [2.45, 2.75) is 26.2 Å². The predicted molar refractivity (Wildman–Crippen MR) is 102 cm³/mol. The van der Waals surface area contributed by atoms with Gasteiger partial charge in [0.2, 0.25) is 5.91 Å². The summed E-state index contributed by atoms with van der Waals surface area (Å²) in [7, 11) is 0. The predicted octanol–water partition coefficient (Wildman–Crippen LogP) is 3.77. The highest BCUT2D eigenvalue weighted by atomic mass is 16.3. The van der Waals surface area contributed by atoms with Gasteiger partial charge < -0.3 is 14.7 Å². The number of furan rings is 1. The lowest BCUT2D eigenvalue weighted by Gasteiger charge is -2.03. The molecule has 2 aromatic carbocycles. The van der Waals surface area contributed by atoms with Gasteiger partial charge in [0.1, 0.15) is 11.4 Å². The van der Waals surface area contributed by atoms with Crippen LogP contribution < -0.4 is 5.32 Å². The first-order valence-electron chi connectivity index (χ1n) is 8.92. The Morgan fingerprint density at radius 2 is 2.12 bits per heavy atom. The van der Waals surface area contributed by atoms with Crippen molar-refractivity contribution in [2.24, 2.45) is 0 Å². The number of nitrogens with zero attached hydrogens (tertiary/aromatic N) is 1. The van der Waals surface area contributed by atoms with E-state index in [0.717, 1.165) is 39.8 Å². The van der Waals surface area contributed by atoms with Gasteiger partial charge in [0, 0.05) is 23.9 Å². The van der Waals surface area contributed by atoms with Crippen LogP contribution in [0, 0.1) is 0 Å². The molecule has 2 N–H and O–H groups in total. The van der Waals surface area contributed by atoms with E-state index >= 15 is 0 Å². The van der Waals surface area contributed by atoms with Crippen molar-refractivity contribution in [3.63, 3.8) is 0 Å². The molecule has 0 atom stereocenters. The molecule has 0 saturated heterocycles. The summed E-state index contributed by atoms with van der Waals surface area (Å²) in [6.07, 6.45) is 3.64. The van der Waals surface area contributed by atoms with Crippen molar-refractivity contribution < 1.29 is 9.21 Å². The number of hydrogen-bond donors (Lipinski definition) is 2. The van der Waals surface area contributed by atoms with Crippen LogP contribution in [0.1, 0.15) is 23.9 Å². The largest absolute Gasteiger partial charge is 0.464 e. The molecule has 0 aliphatic carbocycles. The second-order valence-corrected chi connectivity index (χ2v) is 6.42. The molecule has 0 aliphatic rings. The summed E-state index contributed by atoms with van der Waals surface area (Å²) in [5.41, 5.74) is 4.96. The lowest BCUT2D eigenvalue weighted by Crippen LogP contribution is -2.27. The Kier molecular flexibility index (Phi) is 4.44. The van der Waals surface area contributed by atoms with Crippen molar-refractivity contribution in [2.75, 3.05) is 6.54 Å².